The maximum absolute atomic E-state index is 5.18. The molecule has 0 aromatic carbocycles. The van der Waals surface area contributed by atoms with E-state index in [4.69, 9.17) is 4.74 Å². The molecule has 0 aliphatic rings. The van der Waals surface area contributed by atoms with Gasteiger partial charge in [0.25, 0.3) is 0 Å². The fourth-order valence-corrected chi connectivity index (χ4v) is 2.29. The molecule has 1 unspecified atom stereocenters. The summed E-state index contributed by atoms with van der Waals surface area (Å²) in [7, 11) is 5.73. The third kappa shape index (κ3) is 5.74. The molecule has 1 aromatic rings. The standard InChI is InChI=1S/C13H23BrN4O/c1-9(2)6-10(8-18(3)4)16-13-15-7-11(14)12(17-13)19-5/h7,9-10H,6,8H2,1-5H3,(H,15,16,17). The van der Waals surface area contributed by atoms with Crippen LogP contribution in [0.1, 0.15) is 20.3 Å². The van der Waals surface area contributed by atoms with Gasteiger partial charge in [0.1, 0.15) is 0 Å². The Labute approximate surface area is 123 Å². The Balaban J connectivity index is 2.77. The molecule has 1 atom stereocenters. The lowest BCUT2D eigenvalue weighted by Gasteiger charge is -2.24. The highest BCUT2D eigenvalue weighted by molar-refractivity contribution is 9.10. The number of nitrogens with one attached hydrogen (secondary N) is 1. The summed E-state index contributed by atoms with van der Waals surface area (Å²) < 4.78 is 5.94. The molecule has 0 radical (unpaired) electrons. The van der Waals surface area contributed by atoms with Gasteiger partial charge in [0, 0.05) is 12.6 Å². The molecule has 5 nitrogen and oxygen atoms in total. The van der Waals surface area contributed by atoms with Crippen LogP contribution in [-0.2, 0) is 0 Å². The first kappa shape index (κ1) is 16.2. The second-order valence-corrected chi connectivity index (χ2v) is 6.14. The van der Waals surface area contributed by atoms with Gasteiger partial charge in [0.2, 0.25) is 11.8 Å². The normalized spacial score (nSPS) is 12.8. The van der Waals surface area contributed by atoms with E-state index < -0.39 is 0 Å². The third-order valence-corrected chi connectivity index (χ3v) is 3.12. The minimum atomic E-state index is 0.320. The van der Waals surface area contributed by atoms with Crippen molar-refractivity contribution in [2.24, 2.45) is 5.92 Å². The number of likely N-dealkylation sites (N-methyl/N-ethyl adjacent to an activating group) is 1. The van der Waals surface area contributed by atoms with Crippen molar-refractivity contribution in [1.82, 2.24) is 14.9 Å². The maximum Gasteiger partial charge on any atom is 0.232 e. The Morgan fingerprint density at radius 1 is 1.42 bits per heavy atom. The number of halogens is 1. The summed E-state index contributed by atoms with van der Waals surface area (Å²) in [6.07, 6.45) is 2.77. The highest BCUT2D eigenvalue weighted by Crippen LogP contribution is 2.22. The zero-order valence-corrected chi connectivity index (χ0v) is 13.9. The van der Waals surface area contributed by atoms with Crippen molar-refractivity contribution in [3.8, 4) is 5.88 Å². The minimum absolute atomic E-state index is 0.320. The molecule has 0 bridgehead atoms. The van der Waals surface area contributed by atoms with Gasteiger partial charge in [-0.15, -0.1) is 0 Å². The molecule has 1 aromatic heterocycles. The molecule has 1 N–H and O–H groups in total. The van der Waals surface area contributed by atoms with Gasteiger partial charge in [-0.3, -0.25) is 0 Å². The van der Waals surface area contributed by atoms with Gasteiger partial charge < -0.3 is 15.0 Å². The highest BCUT2D eigenvalue weighted by Gasteiger charge is 2.14. The molecule has 0 aliphatic carbocycles. The van der Waals surface area contributed by atoms with Gasteiger partial charge in [-0.1, -0.05) is 13.8 Å². The summed E-state index contributed by atoms with van der Waals surface area (Å²) >= 11 is 3.35. The lowest BCUT2D eigenvalue weighted by Crippen LogP contribution is -2.34. The van der Waals surface area contributed by atoms with Crippen molar-refractivity contribution in [3.05, 3.63) is 10.7 Å². The molecule has 108 valence electrons. The number of nitrogens with zero attached hydrogens (tertiary/aromatic N) is 3. The van der Waals surface area contributed by atoms with Crippen LogP contribution in [0.2, 0.25) is 0 Å². The molecule has 1 heterocycles. The van der Waals surface area contributed by atoms with Crippen LogP contribution in [0.5, 0.6) is 5.88 Å². The Hall–Kier alpha value is -0.880. The molecule has 0 fully saturated rings. The average molecular weight is 331 g/mol. The smallest absolute Gasteiger partial charge is 0.232 e. The zero-order chi connectivity index (χ0) is 14.4. The molecule has 1 rings (SSSR count). The molecule has 19 heavy (non-hydrogen) atoms. The van der Waals surface area contributed by atoms with Gasteiger partial charge in [-0.25, -0.2) is 4.98 Å². The number of anilines is 1. The largest absolute Gasteiger partial charge is 0.480 e. The summed E-state index contributed by atoms with van der Waals surface area (Å²) in [5.41, 5.74) is 0. The lowest BCUT2D eigenvalue weighted by atomic mass is 10.0. The summed E-state index contributed by atoms with van der Waals surface area (Å²) in [5, 5.41) is 3.38. The van der Waals surface area contributed by atoms with E-state index in [-0.39, 0.29) is 0 Å². The van der Waals surface area contributed by atoms with Crippen LogP contribution < -0.4 is 10.1 Å². The van der Waals surface area contributed by atoms with Gasteiger partial charge in [-0.2, -0.15) is 4.98 Å². The van der Waals surface area contributed by atoms with Gasteiger partial charge in [0.05, 0.1) is 17.8 Å². The molecule has 6 heteroatoms. The Bertz CT molecular complexity index is 388. The number of rotatable bonds is 7. The van der Waals surface area contributed by atoms with Crippen LogP contribution in [0.25, 0.3) is 0 Å². The lowest BCUT2D eigenvalue weighted by molar-refractivity contribution is 0.354. The number of hydrogen-bond acceptors (Lipinski definition) is 5. The minimum Gasteiger partial charge on any atom is -0.480 e. The van der Waals surface area contributed by atoms with E-state index in [1.54, 1.807) is 13.3 Å². The number of hydrogen-bond donors (Lipinski definition) is 1. The monoisotopic (exact) mass is 330 g/mol. The van der Waals surface area contributed by atoms with E-state index in [0.717, 1.165) is 17.4 Å². The third-order valence-electron chi connectivity index (χ3n) is 2.58. The van der Waals surface area contributed by atoms with E-state index >= 15 is 0 Å². The van der Waals surface area contributed by atoms with Crippen molar-refractivity contribution in [2.45, 2.75) is 26.3 Å². The first-order valence-electron chi connectivity index (χ1n) is 6.40. The predicted molar refractivity (Wildman–Crippen MR) is 81.7 cm³/mol. The summed E-state index contributed by atoms with van der Waals surface area (Å²) in [5.74, 6) is 1.77. The van der Waals surface area contributed by atoms with Crippen LogP contribution in [0, 0.1) is 5.92 Å². The van der Waals surface area contributed by atoms with Crippen molar-refractivity contribution in [3.63, 3.8) is 0 Å². The number of methoxy groups -OCH3 is 1. The van der Waals surface area contributed by atoms with Gasteiger partial charge >= 0.3 is 0 Å². The molecule has 0 aliphatic heterocycles. The van der Waals surface area contributed by atoms with E-state index in [9.17, 15) is 0 Å². The van der Waals surface area contributed by atoms with Crippen molar-refractivity contribution < 1.29 is 4.74 Å². The molecule has 0 saturated carbocycles. The SMILES string of the molecule is COc1nc(NC(CC(C)C)CN(C)C)ncc1Br. The fraction of sp³-hybridized carbons (Fsp3) is 0.692. The predicted octanol–water partition coefficient (Wildman–Crippen LogP) is 2.64. The summed E-state index contributed by atoms with van der Waals surface area (Å²) in [6, 6.07) is 0.320. The van der Waals surface area contributed by atoms with E-state index in [1.165, 1.54) is 0 Å². The molecule has 0 saturated heterocycles. The number of aromatic nitrogens is 2. The van der Waals surface area contributed by atoms with Crippen molar-refractivity contribution in [1.29, 1.82) is 0 Å². The van der Waals surface area contributed by atoms with E-state index in [0.29, 0.717) is 23.8 Å². The Morgan fingerprint density at radius 2 is 2.11 bits per heavy atom. The van der Waals surface area contributed by atoms with Gasteiger partial charge in [-0.05, 0) is 42.4 Å². The maximum atomic E-state index is 5.18. The topological polar surface area (TPSA) is 50.3 Å². The second kappa shape index (κ2) is 7.65. The Kier molecular flexibility index (Phi) is 6.51. The summed E-state index contributed by atoms with van der Waals surface area (Å²) in [4.78, 5) is 10.8. The quantitative estimate of drug-likeness (QED) is 0.832. The average Bonchev–Trinajstić information content (AvgIpc) is 2.29. The van der Waals surface area contributed by atoms with Crippen molar-refractivity contribution in [2.75, 3.05) is 33.1 Å². The first-order valence-corrected chi connectivity index (χ1v) is 7.19. The van der Waals surface area contributed by atoms with Crippen LogP contribution in [0.4, 0.5) is 5.95 Å². The van der Waals surface area contributed by atoms with E-state index in [2.05, 4.69) is 64.1 Å². The van der Waals surface area contributed by atoms with Crippen LogP contribution in [-0.4, -0.2) is 48.7 Å². The molecular formula is C13H23BrN4O. The highest BCUT2D eigenvalue weighted by atomic mass is 79.9. The molecule has 0 spiro atoms. The van der Waals surface area contributed by atoms with Crippen LogP contribution in [0.15, 0.2) is 10.7 Å². The van der Waals surface area contributed by atoms with Crippen LogP contribution >= 0.6 is 15.9 Å². The zero-order valence-electron chi connectivity index (χ0n) is 12.3. The first-order chi connectivity index (χ1) is 8.92. The number of ether oxygens (including phenoxy) is 1. The fourth-order valence-electron chi connectivity index (χ4n) is 1.94. The molecular weight excluding hydrogens is 308 g/mol. The van der Waals surface area contributed by atoms with Gasteiger partial charge in [0.15, 0.2) is 0 Å². The van der Waals surface area contributed by atoms with Crippen LogP contribution in [0.3, 0.4) is 0 Å². The van der Waals surface area contributed by atoms with E-state index in [1.807, 2.05) is 0 Å². The second-order valence-electron chi connectivity index (χ2n) is 5.28. The molecule has 0 amide bonds. The van der Waals surface area contributed by atoms with Crippen molar-refractivity contribution >= 4 is 21.9 Å². The summed E-state index contributed by atoms with van der Waals surface area (Å²) in [6.45, 7) is 5.38. The Morgan fingerprint density at radius 3 is 2.63 bits per heavy atom.